The molecule has 0 unspecified atom stereocenters. The van der Waals surface area contributed by atoms with E-state index in [1.807, 2.05) is 6.08 Å². The number of hydrogen-bond donors (Lipinski definition) is 1. The molecule has 0 spiro atoms. The third kappa shape index (κ3) is 2.09. The molecule has 0 radical (unpaired) electrons. The van der Waals surface area contributed by atoms with Gasteiger partial charge in [-0.25, -0.2) is 0 Å². The number of alkyl halides is 1. The molecule has 4 aliphatic rings. The first-order chi connectivity index (χ1) is 12.2. The van der Waals surface area contributed by atoms with Crippen molar-refractivity contribution in [3.8, 4) is 0 Å². The summed E-state index contributed by atoms with van der Waals surface area (Å²) >= 11 is 3.83. The third-order valence-corrected chi connectivity index (χ3v) is 10.1. The van der Waals surface area contributed by atoms with Crippen LogP contribution in [0, 0.1) is 28.6 Å². The lowest BCUT2D eigenvalue weighted by Crippen LogP contribution is -2.53. The Morgan fingerprint density at radius 3 is 2.81 bits per heavy atom. The Kier molecular flexibility index (Phi) is 4.06. The third-order valence-electron chi connectivity index (χ3n) is 8.01. The van der Waals surface area contributed by atoms with Crippen molar-refractivity contribution in [1.29, 1.82) is 0 Å². The van der Waals surface area contributed by atoms with Crippen molar-refractivity contribution in [1.82, 2.24) is 0 Å². The Labute approximate surface area is 163 Å². The van der Waals surface area contributed by atoms with E-state index in [1.54, 1.807) is 6.08 Å². The molecular formula is C22H27BrO3. The second kappa shape index (κ2) is 5.75. The summed E-state index contributed by atoms with van der Waals surface area (Å²) in [6.45, 7) is 6.20. The van der Waals surface area contributed by atoms with Gasteiger partial charge < -0.3 is 5.11 Å². The van der Waals surface area contributed by atoms with Crippen LogP contribution in [0.2, 0.25) is 0 Å². The summed E-state index contributed by atoms with van der Waals surface area (Å²) in [5, 5.41) is 9.59. The van der Waals surface area contributed by atoms with Crippen LogP contribution in [-0.2, 0) is 9.59 Å². The van der Waals surface area contributed by atoms with Crippen molar-refractivity contribution >= 4 is 27.5 Å². The van der Waals surface area contributed by atoms with E-state index in [1.165, 1.54) is 11.1 Å². The molecule has 0 bridgehead atoms. The van der Waals surface area contributed by atoms with E-state index < -0.39 is 10.9 Å². The second-order valence-corrected chi connectivity index (χ2v) is 10.3. The standard InChI is InChI=1S/C22H27BrO3/c1-13-10-18-16-5-4-14-11-15(25)6-8-20(14,2)17(16)7-9-21(18,3)22(13,23)19(26)12-24/h6-8,11,13,16,18,24H,4-5,9-10,12H2,1-3H3/t13-,16-,18+,20+,21+,22+/m1/s1. The molecule has 6 atom stereocenters. The molecule has 0 aromatic carbocycles. The molecule has 4 heteroatoms. The van der Waals surface area contributed by atoms with Crippen LogP contribution < -0.4 is 0 Å². The zero-order valence-corrected chi connectivity index (χ0v) is 17.3. The Morgan fingerprint density at radius 2 is 2.12 bits per heavy atom. The number of hydrogen-bond acceptors (Lipinski definition) is 3. The number of aliphatic hydroxyl groups excluding tert-OH is 1. The normalized spacial score (nSPS) is 46.8. The Hall–Kier alpha value is -1.00. The Morgan fingerprint density at radius 1 is 1.38 bits per heavy atom. The molecule has 2 saturated carbocycles. The average Bonchev–Trinajstić information content (AvgIpc) is 2.83. The van der Waals surface area contributed by atoms with Gasteiger partial charge in [0, 0.05) is 5.41 Å². The van der Waals surface area contributed by atoms with Crippen LogP contribution in [0.25, 0.3) is 0 Å². The first-order valence-electron chi connectivity index (χ1n) is 9.66. The second-order valence-electron chi connectivity index (χ2n) is 9.07. The van der Waals surface area contributed by atoms with Gasteiger partial charge in [-0.3, -0.25) is 9.59 Å². The maximum Gasteiger partial charge on any atom is 0.178 e. The molecule has 0 aliphatic heterocycles. The number of Topliss-reactive ketones (excluding diaryl/α,β-unsaturated/α-hetero) is 1. The fraction of sp³-hybridized carbons (Fsp3) is 0.636. The first-order valence-corrected chi connectivity index (χ1v) is 10.5. The Bertz CT molecular complexity index is 778. The summed E-state index contributed by atoms with van der Waals surface area (Å²) in [4.78, 5) is 24.6. The maximum atomic E-state index is 12.7. The molecule has 26 heavy (non-hydrogen) atoms. The zero-order valence-electron chi connectivity index (χ0n) is 15.7. The van der Waals surface area contributed by atoms with Gasteiger partial charge in [0.05, 0.1) is 4.32 Å². The number of carbonyl (C=O) groups is 2. The summed E-state index contributed by atoms with van der Waals surface area (Å²) in [5.74, 6) is 1.05. The van der Waals surface area contributed by atoms with Crippen LogP contribution in [-0.4, -0.2) is 27.6 Å². The van der Waals surface area contributed by atoms with E-state index in [4.69, 9.17) is 0 Å². The summed E-state index contributed by atoms with van der Waals surface area (Å²) < 4.78 is -0.656. The molecule has 4 aliphatic carbocycles. The van der Waals surface area contributed by atoms with Crippen LogP contribution >= 0.6 is 15.9 Å². The molecule has 2 fully saturated rings. The topological polar surface area (TPSA) is 54.4 Å². The van der Waals surface area contributed by atoms with Crippen LogP contribution in [0.5, 0.6) is 0 Å². The van der Waals surface area contributed by atoms with Crippen LogP contribution in [0.15, 0.2) is 35.5 Å². The molecule has 140 valence electrons. The van der Waals surface area contributed by atoms with Gasteiger partial charge in [-0.1, -0.05) is 53.1 Å². The van der Waals surface area contributed by atoms with Crippen LogP contribution in [0.1, 0.15) is 46.5 Å². The summed E-state index contributed by atoms with van der Waals surface area (Å²) in [6, 6.07) is 0. The first kappa shape index (κ1) is 18.4. The minimum absolute atomic E-state index is 0.0855. The quantitative estimate of drug-likeness (QED) is 0.540. The summed E-state index contributed by atoms with van der Waals surface area (Å²) in [7, 11) is 0. The predicted octanol–water partition coefficient (Wildman–Crippen LogP) is 4.16. The van der Waals surface area contributed by atoms with E-state index in [0.717, 1.165) is 25.7 Å². The number of fused-ring (bicyclic) bond motifs is 5. The van der Waals surface area contributed by atoms with E-state index in [0.29, 0.717) is 11.8 Å². The number of aliphatic hydroxyl groups is 1. The molecule has 0 aromatic heterocycles. The van der Waals surface area contributed by atoms with E-state index >= 15 is 0 Å². The smallest absolute Gasteiger partial charge is 0.178 e. The number of rotatable bonds is 2. The largest absolute Gasteiger partial charge is 0.389 e. The van der Waals surface area contributed by atoms with E-state index in [2.05, 4.69) is 48.9 Å². The lowest BCUT2D eigenvalue weighted by molar-refractivity contribution is -0.128. The molecule has 0 amide bonds. The predicted molar refractivity (Wildman–Crippen MR) is 105 cm³/mol. The fourth-order valence-electron chi connectivity index (χ4n) is 6.55. The molecule has 1 N–H and O–H groups in total. The summed E-state index contributed by atoms with van der Waals surface area (Å²) in [5.41, 5.74) is 2.33. The van der Waals surface area contributed by atoms with Gasteiger partial charge in [-0.05, 0) is 67.9 Å². The van der Waals surface area contributed by atoms with Gasteiger partial charge in [-0.15, -0.1) is 0 Å². The van der Waals surface area contributed by atoms with Crippen LogP contribution in [0.4, 0.5) is 0 Å². The van der Waals surface area contributed by atoms with Crippen molar-refractivity contribution in [3.05, 3.63) is 35.5 Å². The van der Waals surface area contributed by atoms with E-state index in [9.17, 15) is 14.7 Å². The molecule has 4 rings (SSSR count). The van der Waals surface area contributed by atoms with Gasteiger partial charge in [0.25, 0.3) is 0 Å². The van der Waals surface area contributed by atoms with Crippen LogP contribution in [0.3, 0.4) is 0 Å². The molecule has 0 aromatic rings. The minimum atomic E-state index is -0.656. The minimum Gasteiger partial charge on any atom is -0.389 e. The SMILES string of the molecule is C[C@@H]1C[C@H]2[C@@H]3CCC4=CC(=O)C=C[C@]4(C)C3=CC[C@]2(C)[C@@]1(Br)C(=O)CO. The van der Waals surface area contributed by atoms with Gasteiger partial charge in [-0.2, -0.15) is 0 Å². The molecule has 0 heterocycles. The number of ketones is 2. The fourth-order valence-corrected chi connectivity index (χ4v) is 7.31. The number of halogens is 1. The number of allylic oxidation sites excluding steroid dienone is 6. The highest BCUT2D eigenvalue weighted by atomic mass is 79.9. The van der Waals surface area contributed by atoms with Crippen molar-refractivity contribution in [2.45, 2.75) is 50.8 Å². The highest BCUT2D eigenvalue weighted by Gasteiger charge is 2.66. The highest BCUT2D eigenvalue weighted by Crippen LogP contribution is 2.68. The van der Waals surface area contributed by atoms with Crippen molar-refractivity contribution in [3.63, 3.8) is 0 Å². The van der Waals surface area contributed by atoms with Crippen molar-refractivity contribution in [2.24, 2.45) is 28.6 Å². The van der Waals surface area contributed by atoms with Crippen molar-refractivity contribution in [2.75, 3.05) is 6.61 Å². The molecular weight excluding hydrogens is 392 g/mol. The maximum absolute atomic E-state index is 12.7. The molecule has 0 saturated heterocycles. The zero-order chi connectivity index (χ0) is 18.9. The van der Waals surface area contributed by atoms with Gasteiger partial charge in [0.1, 0.15) is 6.61 Å². The Balaban J connectivity index is 1.79. The monoisotopic (exact) mass is 418 g/mol. The van der Waals surface area contributed by atoms with E-state index in [-0.39, 0.29) is 28.3 Å². The highest BCUT2D eigenvalue weighted by molar-refractivity contribution is 9.10. The number of carbonyl (C=O) groups excluding carboxylic acids is 2. The summed E-state index contributed by atoms with van der Waals surface area (Å²) in [6.07, 6.45) is 11.8. The van der Waals surface area contributed by atoms with Crippen molar-refractivity contribution < 1.29 is 14.7 Å². The molecule has 3 nitrogen and oxygen atoms in total. The average molecular weight is 419 g/mol. The lowest BCUT2D eigenvalue weighted by atomic mass is 9.52. The van der Waals surface area contributed by atoms with Gasteiger partial charge in [0.15, 0.2) is 11.6 Å². The van der Waals surface area contributed by atoms with Gasteiger partial charge >= 0.3 is 0 Å². The lowest BCUT2D eigenvalue weighted by Gasteiger charge is -2.53. The van der Waals surface area contributed by atoms with Gasteiger partial charge in [0.2, 0.25) is 0 Å².